The van der Waals surface area contributed by atoms with Crippen molar-refractivity contribution in [2.45, 2.75) is 135 Å². The highest BCUT2D eigenvalue weighted by Crippen LogP contribution is 2.56. The first-order chi connectivity index (χ1) is 27.2. The molecule has 286 valence electrons. The lowest BCUT2D eigenvalue weighted by molar-refractivity contribution is 0.397. The average molecular weight is 747 g/mol. The van der Waals surface area contributed by atoms with Gasteiger partial charge in [-0.3, -0.25) is 0 Å². The van der Waals surface area contributed by atoms with Gasteiger partial charge < -0.3 is 4.90 Å². The second kappa shape index (κ2) is 19.6. The molecule has 0 fully saturated rings. The second-order valence-electron chi connectivity index (χ2n) is 16.0. The summed E-state index contributed by atoms with van der Waals surface area (Å²) in [4.78, 5) is 7.56. The molecule has 0 unspecified atom stereocenters. The Hall–Kier alpha value is -4.21. The van der Waals surface area contributed by atoms with E-state index in [-0.39, 0.29) is 5.41 Å². The molecular formula is C52H62N2S. The predicted molar refractivity (Wildman–Crippen MR) is 240 cm³/mol. The molecule has 5 aromatic carbocycles. The third kappa shape index (κ3) is 9.26. The van der Waals surface area contributed by atoms with Gasteiger partial charge in [-0.05, 0) is 89.7 Å². The minimum Gasteiger partial charge on any atom is -0.310 e. The van der Waals surface area contributed by atoms with Crippen LogP contribution in [0.3, 0.4) is 0 Å². The average Bonchev–Trinajstić information content (AvgIpc) is 3.78. The van der Waals surface area contributed by atoms with Gasteiger partial charge in [-0.2, -0.15) is 0 Å². The number of thiazole rings is 1. The third-order valence-electron chi connectivity index (χ3n) is 12.1. The van der Waals surface area contributed by atoms with Crippen LogP contribution in [0.4, 0.5) is 17.1 Å². The molecule has 0 atom stereocenters. The van der Waals surface area contributed by atoms with Crippen molar-refractivity contribution in [2.24, 2.45) is 0 Å². The van der Waals surface area contributed by atoms with E-state index in [1.54, 1.807) is 5.56 Å². The number of fused-ring (bicyclic) bond motifs is 4. The maximum atomic E-state index is 5.11. The smallest absolute Gasteiger partial charge is 0.124 e. The van der Waals surface area contributed by atoms with Crippen molar-refractivity contribution in [2.75, 3.05) is 4.90 Å². The first-order valence-electron chi connectivity index (χ1n) is 21.8. The third-order valence-corrected chi connectivity index (χ3v) is 13.2. The standard InChI is InChI=1S/C52H62N2S/c1-3-5-7-9-11-13-15-25-37-52(38-26-16-14-12-10-8-6-4-2)47-36-33-41(51-53-49-31-23-24-32-50(49)55-51)39-46(47)45-35-34-44(40-48(45)52)54(42-27-19-17-20-28-42)43-29-21-18-22-30-43/h17-24,27-36,39-40H,3-16,25-26,37-38H2,1-2H3. The zero-order valence-corrected chi connectivity index (χ0v) is 34.4. The van der Waals surface area contributed by atoms with E-state index in [1.165, 1.54) is 160 Å². The predicted octanol–water partition coefficient (Wildman–Crippen LogP) is 16.8. The molecule has 55 heavy (non-hydrogen) atoms. The number of benzene rings is 5. The van der Waals surface area contributed by atoms with Crippen molar-refractivity contribution in [3.05, 3.63) is 132 Å². The fourth-order valence-electron chi connectivity index (χ4n) is 9.15. The van der Waals surface area contributed by atoms with Gasteiger partial charge in [0.15, 0.2) is 0 Å². The first-order valence-corrected chi connectivity index (χ1v) is 22.6. The van der Waals surface area contributed by atoms with E-state index < -0.39 is 0 Å². The van der Waals surface area contributed by atoms with Crippen LogP contribution in [0.15, 0.2) is 121 Å². The van der Waals surface area contributed by atoms with Gasteiger partial charge in [-0.25, -0.2) is 4.98 Å². The molecule has 0 amide bonds. The molecule has 7 rings (SSSR count). The molecule has 0 saturated heterocycles. The zero-order chi connectivity index (χ0) is 37.7. The van der Waals surface area contributed by atoms with Crippen molar-refractivity contribution in [3.63, 3.8) is 0 Å². The molecule has 0 radical (unpaired) electrons. The van der Waals surface area contributed by atoms with Crippen molar-refractivity contribution in [1.82, 2.24) is 4.98 Å². The Labute approximate surface area is 336 Å². The van der Waals surface area contributed by atoms with Crippen LogP contribution in [-0.2, 0) is 5.41 Å². The van der Waals surface area contributed by atoms with E-state index in [0.717, 1.165) is 10.5 Å². The Morgan fingerprint density at radius 3 is 1.60 bits per heavy atom. The number of aromatic nitrogens is 1. The number of hydrogen-bond donors (Lipinski definition) is 0. The largest absolute Gasteiger partial charge is 0.310 e. The highest BCUT2D eigenvalue weighted by Gasteiger charge is 2.43. The Morgan fingerprint density at radius 1 is 0.473 bits per heavy atom. The van der Waals surface area contributed by atoms with Gasteiger partial charge in [0.25, 0.3) is 0 Å². The summed E-state index contributed by atoms with van der Waals surface area (Å²) in [5, 5.41) is 1.12. The van der Waals surface area contributed by atoms with Gasteiger partial charge in [-0.1, -0.05) is 183 Å². The molecule has 2 nitrogen and oxygen atoms in total. The topological polar surface area (TPSA) is 16.1 Å². The number of anilines is 3. The highest BCUT2D eigenvalue weighted by molar-refractivity contribution is 7.21. The van der Waals surface area contributed by atoms with Crippen LogP contribution in [0.25, 0.3) is 31.9 Å². The van der Waals surface area contributed by atoms with E-state index in [1.807, 2.05) is 11.3 Å². The van der Waals surface area contributed by atoms with Crippen LogP contribution in [0.1, 0.15) is 141 Å². The Kier molecular flexibility index (Phi) is 13.9. The van der Waals surface area contributed by atoms with Crippen LogP contribution in [0.2, 0.25) is 0 Å². The van der Waals surface area contributed by atoms with Crippen LogP contribution in [-0.4, -0.2) is 4.98 Å². The van der Waals surface area contributed by atoms with Crippen LogP contribution < -0.4 is 4.90 Å². The van der Waals surface area contributed by atoms with Crippen molar-refractivity contribution in [3.8, 4) is 21.7 Å². The van der Waals surface area contributed by atoms with Gasteiger partial charge in [0, 0.05) is 28.0 Å². The lowest BCUT2D eigenvalue weighted by Gasteiger charge is -2.34. The number of hydrogen-bond acceptors (Lipinski definition) is 3. The summed E-state index contributed by atoms with van der Waals surface area (Å²) < 4.78 is 1.25. The maximum absolute atomic E-state index is 5.11. The summed E-state index contributed by atoms with van der Waals surface area (Å²) in [6.45, 7) is 4.63. The maximum Gasteiger partial charge on any atom is 0.124 e. The first kappa shape index (κ1) is 39.0. The number of rotatable bonds is 22. The summed E-state index contributed by atoms with van der Waals surface area (Å²) >= 11 is 1.81. The molecule has 0 spiro atoms. The fraction of sp³-hybridized carbons (Fsp3) is 0.404. The molecule has 1 heterocycles. The minimum absolute atomic E-state index is 0.00371. The summed E-state index contributed by atoms with van der Waals surface area (Å²) in [7, 11) is 0. The molecule has 0 N–H and O–H groups in total. The molecule has 1 aliphatic rings. The lowest BCUT2D eigenvalue weighted by atomic mass is 9.70. The van der Waals surface area contributed by atoms with Crippen LogP contribution in [0, 0.1) is 0 Å². The molecule has 0 aliphatic heterocycles. The van der Waals surface area contributed by atoms with E-state index >= 15 is 0 Å². The molecule has 3 heteroatoms. The quantitative estimate of drug-likeness (QED) is 0.0643. The number of nitrogens with zero attached hydrogens (tertiary/aromatic N) is 2. The van der Waals surface area contributed by atoms with E-state index in [4.69, 9.17) is 4.98 Å². The van der Waals surface area contributed by atoms with Gasteiger partial charge in [0.1, 0.15) is 5.01 Å². The number of unbranched alkanes of at least 4 members (excludes halogenated alkanes) is 14. The Morgan fingerprint density at radius 2 is 1.02 bits per heavy atom. The highest BCUT2D eigenvalue weighted by atomic mass is 32.1. The van der Waals surface area contributed by atoms with Crippen molar-refractivity contribution < 1.29 is 0 Å². The molecular weight excluding hydrogens is 685 g/mol. The number of para-hydroxylation sites is 3. The fourth-order valence-corrected chi connectivity index (χ4v) is 10.1. The molecule has 1 aromatic heterocycles. The minimum atomic E-state index is -0.00371. The van der Waals surface area contributed by atoms with Crippen LogP contribution >= 0.6 is 11.3 Å². The summed E-state index contributed by atoms with van der Waals surface area (Å²) in [6, 6.07) is 45.2. The Balaban J connectivity index is 1.28. The van der Waals surface area contributed by atoms with E-state index in [0.29, 0.717) is 0 Å². The summed E-state index contributed by atoms with van der Waals surface area (Å²) in [6.07, 6.45) is 24.0. The van der Waals surface area contributed by atoms with Crippen LogP contribution in [0.5, 0.6) is 0 Å². The van der Waals surface area contributed by atoms with E-state index in [2.05, 4.69) is 140 Å². The van der Waals surface area contributed by atoms with Gasteiger partial charge in [-0.15, -0.1) is 11.3 Å². The molecule has 0 saturated carbocycles. The monoisotopic (exact) mass is 746 g/mol. The molecule has 6 aromatic rings. The normalized spacial score (nSPS) is 12.9. The SMILES string of the molecule is CCCCCCCCCCC1(CCCCCCCCCC)c2ccc(-c3nc4ccccc4s3)cc2-c2ccc(N(c3ccccc3)c3ccccc3)cc21. The van der Waals surface area contributed by atoms with Gasteiger partial charge >= 0.3 is 0 Å². The molecule has 1 aliphatic carbocycles. The molecule has 0 bridgehead atoms. The zero-order valence-electron chi connectivity index (χ0n) is 33.6. The van der Waals surface area contributed by atoms with Crippen molar-refractivity contribution >= 4 is 38.6 Å². The Bertz CT molecular complexity index is 1970. The van der Waals surface area contributed by atoms with Gasteiger partial charge in [0.05, 0.1) is 10.2 Å². The van der Waals surface area contributed by atoms with Crippen molar-refractivity contribution in [1.29, 1.82) is 0 Å². The van der Waals surface area contributed by atoms with Gasteiger partial charge in [0.2, 0.25) is 0 Å². The lowest BCUT2D eigenvalue weighted by Crippen LogP contribution is -2.26. The second-order valence-corrected chi connectivity index (χ2v) is 17.0. The summed E-state index contributed by atoms with van der Waals surface area (Å²) in [5.74, 6) is 0. The van der Waals surface area contributed by atoms with E-state index in [9.17, 15) is 0 Å². The summed E-state index contributed by atoms with van der Waals surface area (Å²) in [5.41, 5.74) is 11.9.